The minimum atomic E-state index is -0.691. The number of hydrogen-bond acceptors (Lipinski definition) is 2. The van der Waals surface area contributed by atoms with Gasteiger partial charge >= 0.3 is 0 Å². The first-order valence-electron chi connectivity index (χ1n) is 10.2. The number of nitriles is 1. The Labute approximate surface area is 168 Å². The third-order valence-corrected chi connectivity index (χ3v) is 5.77. The number of benzene rings is 2. The summed E-state index contributed by atoms with van der Waals surface area (Å²) in [4.78, 5) is 12.9. The number of hydrogen-bond donors (Lipinski definition) is 2. The average molecular weight is 377 g/mol. The average Bonchev–Trinajstić information content (AvgIpc) is 2.74. The lowest BCUT2D eigenvalue weighted by Gasteiger charge is -2.32. The lowest BCUT2D eigenvalue weighted by Crippen LogP contribution is -2.93. The Balaban J connectivity index is 1.77. The van der Waals surface area contributed by atoms with Crippen LogP contribution < -0.4 is 10.6 Å². The van der Waals surface area contributed by atoms with Gasteiger partial charge in [-0.2, -0.15) is 5.26 Å². The highest BCUT2D eigenvalue weighted by Crippen LogP contribution is 2.27. The fourth-order valence-corrected chi connectivity index (χ4v) is 3.99. The van der Waals surface area contributed by atoms with Crippen molar-refractivity contribution in [3.8, 4) is 6.07 Å². The van der Waals surface area contributed by atoms with E-state index in [2.05, 4.69) is 60.0 Å². The Morgan fingerprint density at radius 3 is 2.25 bits per heavy atom. The summed E-state index contributed by atoms with van der Waals surface area (Å²) in [5.41, 5.74) is 2.86. The van der Waals surface area contributed by atoms with Crippen LogP contribution in [-0.2, 0) is 4.79 Å². The first-order chi connectivity index (χ1) is 13.5. The van der Waals surface area contributed by atoms with Crippen LogP contribution in [0.15, 0.2) is 54.6 Å². The smallest absolute Gasteiger partial charge is 0.279 e. The molecule has 0 heterocycles. The van der Waals surface area contributed by atoms with Gasteiger partial charge in [0.25, 0.3) is 5.91 Å². The number of amides is 1. The molecule has 2 atom stereocenters. The van der Waals surface area contributed by atoms with Gasteiger partial charge in [0.1, 0.15) is 11.6 Å². The highest BCUT2D eigenvalue weighted by Gasteiger charge is 2.36. The van der Waals surface area contributed by atoms with E-state index in [1.165, 1.54) is 16.7 Å². The number of quaternary nitrogens is 1. The lowest BCUT2D eigenvalue weighted by molar-refractivity contribution is -0.704. The Kier molecular flexibility index (Phi) is 6.49. The predicted molar refractivity (Wildman–Crippen MR) is 110 cm³/mol. The summed E-state index contributed by atoms with van der Waals surface area (Å²) in [7, 11) is 0. The maximum atomic E-state index is 12.9. The first-order valence-corrected chi connectivity index (χ1v) is 10.2. The van der Waals surface area contributed by atoms with Crippen LogP contribution in [0.4, 0.5) is 0 Å². The second kappa shape index (κ2) is 9.03. The van der Waals surface area contributed by atoms with Gasteiger partial charge in [-0.15, -0.1) is 0 Å². The van der Waals surface area contributed by atoms with Crippen LogP contribution in [0.2, 0.25) is 0 Å². The fourth-order valence-electron chi connectivity index (χ4n) is 3.99. The molecule has 3 N–H and O–H groups in total. The van der Waals surface area contributed by atoms with Gasteiger partial charge < -0.3 is 10.6 Å². The Morgan fingerprint density at radius 2 is 1.64 bits per heavy atom. The summed E-state index contributed by atoms with van der Waals surface area (Å²) in [6.07, 6.45) is 4.65. The van der Waals surface area contributed by atoms with Crippen molar-refractivity contribution in [2.24, 2.45) is 0 Å². The standard InChI is InChI=1S/C24H29N3O/c1-18-11-13-21(14-12-18)22(20-9-5-3-6-10-20)26-19(2)23(28)27-24(17-25)15-7-4-8-16-24/h3,5-6,9-14,19,22,26H,4,7-8,15-16H2,1-2H3,(H,27,28)/p+1/t19-,22-/m0/s1. The summed E-state index contributed by atoms with van der Waals surface area (Å²) in [5, 5.41) is 14.8. The Morgan fingerprint density at radius 1 is 1.04 bits per heavy atom. The van der Waals surface area contributed by atoms with Crippen molar-refractivity contribution in [2.45, 2.75) is 63.6 Å². The van der Waals surface area contributed by atoms with Gasteiger partial charge in [0.05, 0.1) is 6.07 Å². The third-order valence-electron chi connectivity index (χ3n) is 5.77. The van der Waals surface area contributed by atoms with Crippen LogP contribution in [0.1, 0.15) is 61.8 Å². The van der Waals surface area contributed by atoms with Crippen LogP contribution in [-0.4, -0.2) is 17.5 Å². The molecule has 146 valence electrons. The van der Waals surface area contributed by atoms with E-state index in [1.807, 2.05) is 25.1 Å². The Hall–Kier alpha value is -2.64. The van der Waals surface area contributed by atoms with Crippen LogP contribution in [0.5, 0.6) is 0 Å². The molecule has 0 radical (unpaired) electrons. The van der Waals surface area contributed by atoms with E-state index in [-0.39, 0.29) is 18.0 Å². The van der Waals surface area contributed by atoms with Crippen LogP contribution in [0.3, 0.4) is 0 Å². The molecule has 3 rings (SSSR count). The quantitative estimate of drug-likeness (QED) is 0.811. The van der Waals surface area contributed by atoms with Gasteiger partial charge in [0, 0.05) is 11.1 Å². The van der Waals surface area contributed by atoms with E-state index in [4.69, 9.17) is 0 Å². The minimum absolute atomic E-state index is 0.0342. The van der Waals surface area contributed by atoms with Crippen LogP contribution in [0, 0.1) is 18.3 Å². The molecule has 1 amide bonds. The van der Waals surface area contributed by atoms with Crippen LogP contribution in [0.25, 0.3) is 0 Å². The zero-order valence-corrected chi connectivity index (χ0v) is 16.8. The van der Waals surface area contributed by atoms with Gasteiger partial charge in [0.15, 0.2) is 6.04 Å². The van der Waals surface area contributed by atoms with E-state index >= 15 is 0 Å². The van der Waals surface area contributed by atoms with Crippen molar-refractivity contribution in [3.05, 3.63) is 71.3 Å². The van der Waals surface area contributed by atoms with E-state index < -0.39 is 5.54 Å². The molecule has 0 saturated heterocycles. The van der Waals surface area contributed by atoms with Gasteiger partial charge in [-0.25, -0.2) is 0 Å². The summed E-state index contributed by atoms with van der Waals surface area (Å²) in [6.45, 7) is 4.00. The molecule has 0 spiro atoms. The number of carbonyl (C=O) groups excluding carboxylic acids is 1. The second-order valence-corrected chi connectivity index (χ2v) is 8.02. The van der Waals surface area contributed by atoms with Crippen LogP contribution >= 0.6 is 0 Å². The lowest BCUT2D eigenvalue weighted by atomic mass is 9.82. The molecular formula is C24H30N3O+. The summed E-state index contributed by atoms with van der Waals surface area (Å²) >= 11 is 0. The van der Waals surface area contributed by atoms with E-state index in [9.17, 15) is 10.1 Å². The number of aryl methyl sites for hydroxylation is 1. The molecule has 2 aromatic carbocycles. The molecule has 0 unspecified atom stereocenters. The number of nitrogens with two attached hydrogens (primary N) is 1. The Bertz CT molecular complexity index is 817. The second-order valence-electron chi connectivity index (χ2n) is 8.02. The molecule has 1 aliphatic rings. The highest BCUT2D eigenvalue weighted by atomic mass is 16.2. The third kappa shape index (κ3) is 4.79. The molecular weight excluding hydrogens is 346 g/mol. The SMILES string of the molecule is Cc1ccc([C@@H]([NH2+][C@@H](C)C(=O)NC2(C#N)CCCCC2)c2ccccc2)cc1. The van der Waals surface area contributed by atoms with Crippen molar-refractivity contribution >= 4 is 5.91 Å². The fraction of sp³-hybridized carbons (Fsp3) is 0.417. The highest BCUT2D eigenvalue weighted by molar-refractivity contribution is 5.81. The molecule has 1 fully saturated rings. The van der Waals surface area contributed by atoms with Crippen molar-refractivity contribution < 1.29 is 10.1 Å². The largest absolute Gasteiger partial charge is 0.333 e. The van der Waals surface area contributed by atoms with Crippen molar-refractivity contribution in [2.75, 3.05) is 0 Å². The maximum absolute atomic E-state index is 12.9. The summed E-state index contributed by atoms with van der Waals surface area (Å²) in [5.74, 6) is -0.0588. The van der Waals surface area contributed by atoms with E-state index in [0.717, 1.165) is 32.1 Å². The van der Waals surface area contributed by atoms with E-state index in [0.29, 0.717) is 0 Å². The molecule has 4 heteroatoms. The molecule has 1 saturated carbocycles. The number of nitrogens with one attached hydrogen (secondary N) is 1. The van der Waals surface area contributed by atoms with Gasteiger partial charge in [-0.1, -0.05) is 79.4 Å². The maximum Gasteiger partial charge on any atom is 0.279 e. The topological polar surface area (TPSA) is 69.5 Å². The van der Waals surface area contributed by atoms with Gasteiger partial charge in [-0.3, -0.25) is 4.79 Å². The summed E-state index contributed by atoms with van der Waals surface area (Å²) < 4.78 is 0. The van der Waals surface area contributed by atoms with Crippen molar-refractivity contribution in [3.63, 3.8) is 0 Å². The molecule has 4 nitrogen and oxygen atoms in total. The minimum Gasteiger partial charge on any atom is -0.333 e. The molecule has 0 aliphatic heterocycles. The predicted octanol–water partition coefficient (Wildman–Crippen LogP) is 3.38. The normalized spacial score (nSPS) is 17.9. The summed E-state index contributed by atoms with van der Waals surface area (Å²) in [6, 6.07) is 20.9. The van der Waals surface area contributed by atoms with Crippen molar-refractivity contribution in [1.82, 2.24) is 5.32 Å². The van der Waals surface area contributed by atoms with Crippen molar-refractivity contribution in [1.29, 1.82) is 5.26 Å². The molecule has 2 aromatic rings. The molecule has 0 bridgehead atoms. The zero-order valence-electron chi connectivity index (χ0n) is 16.8. The first kappa shape index (κ1) is 20.1. The zero-order chi connectivity index (χ0) is 20.0. The monoisotopic (exact) mass is 376 g/mol. The number of nitrogens with zero attached hydrogens (tertiary/aromatic N) is 1. The molecule has 1 aliphatic carbocycles. The molecule has 28 heavy (non-hydrogen) atoms. The van der Waals surface area contributed by atoms with Gasteiger partial charge in [-0.05, 0) is 26.7 Å². The number of carbonyl (C=O) groups is 1. The van der Waals surface area contributed by atoms with Gasteiger partial charge in [0.2, 0.25) is 0 Å². The number of rotatable bonds is 6. The molecule has 0 aromatic heterocycles. The van der Waals surface area contributed by atoms with E-state index in [1.54, 1.807) is 0 Å².